The Morgan fingerprint density at radius 2 is 2.21 bits per heavy atom. The van der Waals surface area contributed by atoms with Crippen LogP contribution in [0.3, 0.4) is 0 Å². The zero-order chi connectivity index (χ0) is 14.0. The largest absolute Gasteiger partial charge is 0.490 e. The van der Waals surface area contributed by atoms with Gasteiger partial charge in [-0.2, -0.15) is 0 Å². The molecule has 0 spiro atoms. The fraction of sp³-hybridized carbons (Fsp3) is 0.500. The number of fused-ring (bicyclic) bond motifs is 1. The fourth-order valence-electron chi connectivity index (χ4n) is 1.84. The Morgan fingerprint density at radius 1 is 1.47 bits per heavy atom. The smallest absolute Gasteiger partial charge is 0.322 e. The van der Waals surface area contributed by atoms with Gasteiger partial charge in [-0.05, 0) is 23.6 Å². The summed E-state index contributed by atoms with van der Waals surface area (Å²) in [7, 11) is 0. The van der Waals surface area contributed by atoms with Gasteiger partial charge in [0.2, 0.25) is 0 Å². The van der Waals surface area contributed by atoms with E-state index in [1.54, 1.807) is 23.1 Å². The fourth-order valence-corrected chi connectivity index (χ4v) is 2.00. The maximum atomic E-state index is 12.2. The maximum Gasteiger partial charge on any atom is 0.322 e. The number of carbonyl (C=O) groups excluding carboxylic acids is 1. The summed E-state index contributed by atoms with van der Waals surface area (Å²) in [5, 5.41) is 3.54. The highest BCUT2D eigenvalue weighted by atomic mass is 35.5. The third-order valence-corrected chi connectivity index (χ3v) is 3.03. The molecule has 5 heteroatoms. The molecule has 0 atom stereocenters. The summed E-state index contributed by atoms with van der Waals surface area (Å²) in [5.41, 5.74) is 0.782. The van der Waals surface area contributed by atoms with Crippen LogP contribution < -0.4 is 15.0 Å². The normalized spacial score (nSPS) is 14.6. The van der Waals surface area contributed by atoms with E-state index >= 15 is 0 Å². The second-order valence-electron chi connectivity index (χ2n) is 5.83. The van der Waals surface area contributed by atoms with Crippen LogP contribution in [0.25, 0.3) is 0 Å². The van der Waals surface area contributed by atoms with Gasteiger partial charge in [0.05, 0.1) is 12.2 Å². The van der Waals surface area contributed by atoms with E-state index < -0.39 is 0 Å². The highest BCUT2D eigenvalue weighted by molar-refractivity contribution is 6.31. The Kier molecular flexibility index (Phi) is 3.90. The van der Waals surface area contributed by atoms with Gasteiger partial charge in [-0.25, -0.2) is 4.79 Å². The van der Waals surface area contributed by atoms with Gasteiger partial charge in [0.15, 0.2) is 0 Å². The van der Waals surface area contributed by atoms with Crippen molar-refractivity contribution in [3.8, 4) is 5.75 Å². The minimum Gasteiger partial charge on any atom is -0.490 e. The van der Waals surface area contributed by atoms with Gasteiger partial charge in [-0.1, -0.05) is 32.4 Å². The molecule has 4 nitrogen and oxygen atoms in total. The Balaban J connectivity index is 2.14. The SMILES string of the molecule is CC(C)(C)CNC(=O)N1CCOc2ccc(Cl)cc21. The van der Waals surface area contributed by atoms with Crippen LogP contribution in [-0.4, -0.2) is 25.7 Å². The molecular weight excluding hydrogens is 264 g/mol. The quantitative estimate of drug-likeness (QED) is 0.859. The Labute approximate surface area is 118 Å². The highest BCUT2D eigenvalue weighted by Gasteiger charge is 2.24. The summed E-state index contributed by atoms with van der Waals surface area (Å²) in [6.07, 6.45) is 0. The summed E-state index contributed by atoms with van der Waals surface area (Å²) < 4.78 is 5.52. The van der Waals surface area contributed by atoms with Crippen LogP contribution in [0.15, 0.2) is 18.2 Å². The Bertz CT molecular complexity index is 483. The highest BCUT2D eigenvalue weighted by Crippen LogP contribution is 2.33. The molecule has 0 saturated carbocycles. The molecule has 0 saturated heterocycles. The van der Waals surface area contributed by atoms with Crippen LogP contribution >= 0.6 is 11.6 Å². The van der Waals surface area contributed by atoms with Gasteiger partial charge < -0.3 is 10.1 Å². The lowest BCUT2D eigenvalue weighted by atomic mass is 9.97. The second kappa shape index (κ2) is 5.29. The summed E-state index contributed by atoms with van der Waals surface area (Å²) in [6.45, 7) is 7.90. The van der Waals surface area contributed by atoms with Gasteiger partial charge in [-0.15, -0.1) is 0 Å². The average Bonchev–Trinajstić information content (AvgIpc) is 2.34. The minimum absolute atomic E-state index is 0.0547. The molecule has 1 heterocycles. The van der Waals surface area contributed by atoms with Crippen molar-refractivity contribution in [3.05, 3.63) is 23.2 Å². The zero-order valence-corrected chi connectivity index (χ0v) is 12.3. The van der Waals surface area contributed by atoms with Crippen LogP contribution in [0.1, 0.15) is 20.8 Å². The lowest BCUT2D eigenvalue weighted by Crippen LogP contribution is -2.46. The van der Waals surface area contributed by atoms with E-state index in [4.69, 9.17) is 16.3 Å². The molecule has 0 aromatic heterocycles. The van der Waals surface area contributed by atoms with E-state index in [9.17, 15) is 4.79 Å². The van der Waals surface area contributed by atoms with Gasteiger partial charge in [0, 0.05) is 11.6 Å². The van der Waals surface area contributed by atoms with E-state index in [-0.39, 0.29) is 11.4 Å². The molecule has 0 radical (unpaired) electrons. The number of urea groups is 1. The first kappa shape index (κ1) is 14.0. The number of hydrogen-bond acceptors (Lipinski definition) is 2. The Morgan fingerprint density at radius 3 is 2.89 bits per heavy atom. The molecule has 0 unspecified atom stereocenters. The standard InChI is InChI=1S/C14H19ClN2O2/c1-14(2,3)9-16-13(18)17-6-7-19-12-5-4-10(15)8-11(12)17/h4-5,8H,6-7,9H2,1-3H3,(H,16,18). The predicted octanol–water partition coefficient (Wildman–Crippen LogP) is 3.29. The van der Waals surface area contributed by atoms with Crippen molar-refractivity contribution >= 4 is 23.3 Å². The number of nitrogens with one attached hydrogen (secondary N) is 1. The topological polar surface area (TPSA) is 41.6 Å². The number of rotatable bonds is 1. The molecule has 1 aromatic rings. The molecule has 0 bridgehead atoms. The monoisotopic (exact) mass is 282 g/mol. The summed E-state index contributed by atoms with van der Waals surface area (Å²) in [6, 6.07) is 5.20. The lowest BCUT2D eigenvalue weighted by Gasteiger charge is -2.30. The van der Waals surface area contributed by atoms with Crippen molar-refractivity contribution in [2.75, 3.05) is 24.6 Å². The van der Waals surface area contributed by atoms with Gasteiger partial charge >= 0.3 is 6.03 Å². The van der Waals surface area contributed by atoms with Crippen molar-refractivity contribution in [1.29, 1.82) is 0 Å². The van der Waals surface area contributed by atoms with Crippen molar-refractivity contribution in [2.45, 2.75) is 20.8 Å². The summed E-state index contributed by atoms with van der Waals surface area (Å²) >= 11 is 5.98. The van der Waals surface area contributed by atoms with Crippen molar-refractivity contribution in [2.24, 2.45) is 5.41 Å². The van der Waals surface area contributed by atoms with E-state index in [0.717, 1.165) is 5.69 Å². The summed E-state index contributed by atoms with van der Waals surface area (Å²) in [5.74, 6) is 0.696. The van der Waals surface area contributed by atoms with Gasteiger partial charge in [0.25, 0.3) is 0 Å². The first-order chi connectivity index (χ1) is 8.87. The third-order valence-electron chi connectivity index (χ3n) is 2.80. The molecule has 19 heavy (non-hydrogen) atoms. The molecule has 2 amide bonds. The van der Waals surface area contributed by atoms with E-state index in [1.165, 1.54) is 0 Å². The second-order valence-corrected chi connectivity index (χ2v) is 6.27. The lowest BCUT2D eigenvalue weighted by molar-refractivity contribution is 0.235. The third kappa shape index (κ3) is 3.53. The first-order valence-electron chi connectivity index (χ1n) is 6.34. The molecule has 1 aromatic carbocycles. The molecule has 2 rings (SSSR count). The van der Waals surface area contributed by atoms with Crippen molar-refractivity contribution in [1.82, 2.24) is 5.32 Å². The molecule has 0 fully saturated rings. The van der Waals surface area contributed by atoms with Crippen LogP contribution in [0.4, 0.5) is 10.5 Å². The van der Waals surface area contributed by atoms with Crippen LogP contribution in [0, 0.1) is 5.41 Å². The maximum absolute atomic E-state index is 12.2. The number of amides is 2. The molecule has 1 N–H and O–H groups in total. The molecule has 1 aliphatic heterocycles. The number of ether oxygens (including phenoxy) is 1. The Hall–Kier alpha value is -1.42. The molecule has 104 valence electrons. The van der Waals surface area contributed by atoms with E-state index in [1.807, 2.05) is 0 Å². The van der Waals surface area contributed by atoms with E-state index in [0.29, 0.717) is 30.5 Å². The van der Waals surface area contributed by atoms with Crippen LogP contribution in [0.5, 0.6) is 5.75 Å². The minimum atomic E-state index is -0.109. The molecule has 1 aliphatic rings. The van der Waals surface area contributed by atoms with Gasteiger partial charge in [-0.3, -0.25) is 4.90 Å². The summed E-state index contributed by atoms with van der Waals surface area (Å²) in [4.78, 5) is 13.9. The van der Waals surface area contributed by atoms with Crippen LogP contribution in [0.2, 0.25) is 5.02 Å². The average molecular weight is 283 g/mol. The van der Waals surface area contributed by atoms with Crippen LogP contribution in [-0.2, 0) is 0 Å². The predicted molar refractivity (Wildman–Crippen MR) is 77.1 cm³/mol. The number of nitrogens with zero attached hydrogens (tertiary/aromatic N) is 1. The zero-order valence-electron chi connectivity index (χ0n) is 11.5. The number of benzene rings is 1. The first-order valence-corrected chi connectivity index (χ1v) is 6.72. The number of carbonyl (C=O) groups is 1. The molecule has 0 aliphatic carbocycles. The van der Waals surface area contributed by atoms with E-state index in [2.05, 4.69) is 26.1 Å². The molecular formula is C14H19ClN2O2. The van der Waals surface area contributed by atoms with Gasteiger partial charge in [0.1, 0.15) is 12.4 Å². The number of hydrogen-bond donors (Lipinski definition) is 1. The number of anilines is 1. The van der Waals surface area contributed by atoms with Crippen molar-refractivity contribution in [3.63, 3.8) is 0 Å². The number of halogens is 1. The van der Waals surface area contributed by atoms with Crippen molar-refractivity contribution < 1.29 is 9.53 Å².